The third kappa shape index (κ3) is 4.26. The summed E-state index contributed by atoms with van der Waals surface area (Å²) in [6.07, 6.45) is 0. The Morgan fingerprint density at radius 1 is 1.18 bits per heavy atom. The highest BCUT2D eigenvalue weighted by Crippen LogP contribution is 2.32. The first-order valence-electron chi connectivity index (χ1n) is 8.54. The van der Waals surface area contributed by atoms with Crippen LogP contribution in [0.3, 0.4) is 0 Å². The fourth-order valence-corrected chi connectivity index (χ4v) is 3.62. The Morgan fingerprint density at radius 2 is 1.89 bits per heavy atom. The lowest BCUT2D eigenvalue weighted by molar-refractivity contribution is -0.384. The van der Waals surface area contributed by atoms with Gasteiger partial charge in [0.2, 0.25) is 0 Å². The van der Waals surface area contributed by atoms with Crippen molar-refractivity contribution in [2.24, 2.45) is 0 Å². The van der Waals surface area contributed by atoms with Crippen LogP contribution in [0, 0.1) is 10.1 Å². The zero-order valence-electron chi connectivity index (χ0n) is 15.8. The topological polar surface area (TPSA) is 88.8 Å². The summed E-state index contributed by atoms with van der Waals surface area (Å²) in [5.41, 5.74) is 1.11. The molecule has 0 saturated heterocycles. The van der Waals surface area contributed by atoms with Gasteiger partial charge in [-0.1, -0.05) is 11.3 Å². The molecule has 2 aromatic carbocycles. The van der Waals surface area contributed by atoms with Gasteiger partial charge in [0.1, 0.15) is 5.75 Å². The molecule has 0 spiro atoms. The third-order valence-electron chi connectivity index (χ3n) is 4.16. The summed E-state index contributed by atoms with van der Waals surface area (Å²) < 4.78 is 6.17. The predicted octanol–water partition coefficient (Wildman–Crippen LogP) is 3.42. The zero-order valence-corrected chi connectivity index (χ0v) is 16.6. The molecule has 1 aromatic heterocycles. The van der Waals surface area contributed by atoms with Crippen LogP contribution in [0.4, 0.5) is 10.8 Å². The van der Waals surface area contributed by atoms with Crippen molar-refractivity contribution < 1.29 is 14.5 Å². The van der Waals surface area contributed by atoms with Gasteiger partial charge in [0.25, 0.3) is 11.6 Å². The number of rotatable bonds is 7. The van der Waals surface area contributed by atoms with Crippen LogP contribution in [-0.2, 0) is 0 Å². The minimum Gasteiger partial charge on any atom is -0.497 e. The van der Waals surface area contributed by atoms with Crippen molar-refractivity contribution in [2.75, 3.05) is 39.2 Å². The van der Waals surface area contributed by atoms with Crippen LogP contribution < -0.4 is 9.64 Å². The average molecular weight is 400 g/mol. The van der Waals surface area contributed by atoms with Crippen LogP contribution >= 0.6 is 11.3 Å². The van der Waals surface area contributed by atoms with Crippen LogP contribution in [0.2, 0.25) is 0 Å². The lowest BCUT2D eigenvalue weighted by atomic mass is 10.2. The first-order chi connectivity index (χ1) is 13.4. The molecule has 0 unspecified atom stereocenters. The van der Waals surface area contributed by atoms with Crippen molar-refractivity contribution in [1.29, 1.82) is 0 Å². The third-order valence-corrected chi connectivity index (χ3v) is 5.20. The van der Waals surface area contributed by atoms with Crippen LogP contribution in [-0.4, -0.2) is 55.0 Å². The van der Waals surface area contributed by atoms with E-state index in [-0.39, 0.29) is 11.6 Å². The summed E-state index contributed by atoms with van der Waals surface area (Å²) >= 11 is 1.40. The number of amides is 1. The summed E-state index contributed by atoms with van der Waals surface area (Å²) in [4.78, 5) is 31.7. The fourth-order valence-electron chi connectivity index (χ4n) is 2.60. The number of non-ortho nitro benzene ring substituents is 1. The summed E-state index contributed by atoms with van der Waals surface area (Å²) in [7, 11) is 5.46. The molecule has 9 heteroatoms. The summed E-state index contributed by atoms with van der Waals surface area (Å²) in [5, 5.41) is 11.4. The largest absolute Gasteiger partial charge is 0.497 e. The number of fused-ring (bicyclic) bond motifs is 1. The quantitative estimate of drug-likeness (QED) is 0.446. The van der Waals surface area contributed by atoms with Crippen molar-refractivity contribution in [1.82, 2.24) is 9.88 Å². The minimum absolute atomic E-state index is 0.0523. The second-order valence-electron chi connectivity index (χ2n) is 6.39. The monoisotopic (exact) mass is 400 g/mol. The van der Waals surface area contributed by atoms with E-state index in [2.05, 4.69) is 4.98 Å². The molecule has 1 amide bonds. The second-order valence-corrected chi connectivity index (χ2v) is 7.40. The summed E-state index contributed by atoms with van der Waals surface area (Å²) in [5.74, 6) is 0.479. The minimum atomic E-state index is -0.487. The van der Waals surface area contributed by atoms with Gasteiger partial charge in [-0.2, -0.15) is 0 Å². The lowest BCUT2D eigenvalue weighted by Gasteiger charge is -2.22. The Labute approximate surface area is 166 Å². The number of nitro groups is 1. The molecule has 0 N–H and O–H groups in total. The predicted molar refractivity (Wildman–Crippen MR) is 109 cm³/mol. The molecular formula is C19H20N4O4S. The lowest BCUT2D eigenvalue weighted by Crippen LogP contribution is -2.36. The fraction of sp³-hybridized carbons (Fsp3) is 0.263. The molecule has 0 aliphatic rings. The molecule has 0 fully saturated rings. The van der Waals surface area contributed by atoms with Gasteiger partial charge >= 0.3 is 0 Å². The Bertz CT molecular complexity index is 1000. The van der Waals surface area contributed by atoms with Crippen LogP contribution in [0.15, 0.2) is 42.5 Å². The van der Waals surface area contributed by atoms with Gasteiger partial charge in [-0.3, -0.25) is 19.8 Å². The molecule has 3 aromatic rings. The van der Waals surface area contributed by atoms with E-state index in [9.17, 15) is 14.9 Å². The molecule has 0 aliphatic heterocycles. The zero-order chi connectivity index (χ0) is 20.3. The van der Waals surface area contributed by atoms with E-state index in [1.165, 1.54) is 35.6 Å². The molecule has 3 rings (SSSR count). The Balaban J connectivity index is 1.95. The van der Waals surface area contributed by atoms with E-state index in [4.69, 9.17) is 4.74 Å². The molecule has 146 valence electrons. The van der Waals surface area contributed by atoms with Crippen molar-refractivity contribution >= 4 is 38.3 Å². The number of methoxy groups -OCH3 is 1. The van der Waals surface area contributed by atoms with Crippen molar-refractivity contribution in [3.8, 4) is 5.75 Å². The van der Waals surface area contributed by atoms with Crippen molar-refractivity contribution in [2.45, 2.75) is 0 Å². The number of nitrogens with zero attached hydrogens (tertiary/aromatic N) is 4. The van der Waals surface area contributed by atoms with Crippen LogP contribution in [0.5, 0.6) is 5.75 Å². The van der Waals surface area contributed by atoms with Gasteiger partial charge in [-0.25, -0.2) is 4.98 Å². The van der Waals surface area contributed by atoms with Gasteiger partial charge in [0.05, 0.1) is 22.2 Å². The number of hydrogen-bond donors (Lipinski definition) is 0. The van der Waals surface area contributed by atoms with E-state index in [1.807, 2.05) is 37.2 Å². The van der Waals surface area contributed by atoms with E-state index in [0.29, 0.717) is 23.8 Å². The van der Waals surface area contributed by atoms with Crippen molar-refractivity contribution in [3.63, 3.8) is 0 Å². The van der Waals surface area contributed by atoms with E-state index < -0.39 is 4.92 Å². The molecule has 0 radical (unpaired) electrons. The molecular weight excluding hydrogens is 380 g/mol. The SMILES string of the molecule is COc1ccc2nc(N(CCN(C)C)C(=O)c3ccc([N+](=O)[O-])cc3)sc2c1. The molecule has 28 heavy (non-hydrogen) atoms. The first kappa shape index (κ1) is 19.7. The van der Waals surface area contributed by atoms with E-state index in [0.717, 1.165) is 16.0 Å². The second kappa shape index (κ2) is 8.32. The number of carbonyl (C=O) groups is 1. The van der Waals surface area contributed by atoms with Gasteiger partial charge in [-0.05, 0) is 44.4 Å². The van der Waals surface area contributed by atoms with Crippen LogP contribution in [0.25, 0.3) is 10.2 Å². The Kier molecular flexibility index (Phi) is 5.86. The molecule has 0 aliphatic carbocycles. The number of thiazole rings is 1. The number of ether oxygens (including phenoxy) is 1. The highest BCUT2D eigenvalue weighted by molar-refractivity contribution is 7.22. The van der Waals surface area contributed by atoms with Gasteiger partial charge in [0.15, 0.2) is 5.13 Å². The number of aromatic nitrogens is 1. The summed E-state index contributed by atoms with van der Waals surface area (Å²) in [6.45, 7) is 1.09. The first-order valence-corrected chi connectivity index (χ1v) is 9.36. The average Bonchev–Trinajstić information content (AvgIpc) is 3.10. The van der Waals surface area contributed by atoms with Crippen molar-refractivity contribution in [3.05, 3.63) is 58.1 Å². The Hall–Kier alpha value is -3.04. The molecule has 0 atom stereocenters. The van der Waals surface area contributed by atoms with E-state index in [1.54, 1.807) is 12.0 Å². The molecule has 8 nitrogen and oxygen atoms in total. The number of likely N-dealkylation sites (N-methyl/N-ethyl adjacent to an activating group) is 1. The maximum absolute atomic E-state index is 13.1. The number of benzene rings is 2. The van der Waals surface area contributed by atoms with Gasteiger partial charge < -0.3 is 9.64 Å². The number of carbonyl (C=O) groups excluding carboxylic acids is 1. The van der Waals surface area contributed by atoms with E-state index >= 15 is 0 Å². The normalized spacial score (nSPS) is 11.0. The van der Waals surface area contributed by atoms with Crippen LogP contribution in [0.1, 0.15) is 10.4 Å². The maximum atomic E-state index is 13.1. The highest BCUT2D eigenvalue weighted by atomic mass is 32.1. The smallest absolute Gasteiger partial charge is 0.269 e. The number of hydrogen-bond acceptors (Lipinski definition) is 7. The molecule has 1 heterocycles. The number of anilines is 1. The number of nitro benzene ring substituents is 1. The van der Waals surface area contributed by atoms with Gasteiger partial charge in [-0.15, -0.1) is 0 Å². The standard InChI is InChI=1S/C19H20N4O4S/c1-21(2)10-11-22(18(24)13-4-6-14(7-5-13)23(25)26)19-20-16-9-8-15(27-3)12-17(16)28-19/h4-9,12H,10-11H2,1-3H3. The summed E-state index contributed by atoms with van der Waals surface area (Å²) in [6, 6.07) is 11.2. The molecule has 0 bridgehead atoms. The highest BCUT2D eigenvalue weighted by Gasteiger charge is 2.22. The molecule has 0 saturated carbocycles. The maximum Gasteiger partial charge on any atom is 0.269 e. The Morgan fingerprint density at radius 3 is 2.50 bits per heavy atom. The van der Waals surface area contributed by atoms with Gasteiger partial charge in [0, 0.05) is 30.8 Å².